The molecule has 2 aliphatic rings. The van der Waals surface area contributed by atoms with Crippen LogP contribution in [-0.4, -0.2) is 71.7 Å². The summed E-state index contributed by atoms with van der Waals surface area (Å²) in [6.07, 6.45) is 3.57. The van der Waals surface area contributed by atoms with E-state index in [-0.39, 0.29) is 21.7 Å². The van der Waals surface area contributed by atoms with Crippen molar-refractivity contribution in [1.29, 1.82) is 0 Å². The Balaban J connectivity index is 1.58. The van der Waals surface area contributed by atoms with Gasteiger partial charge in [-0.05, 0) is 39.8 Å². The number of benzene rings is 1. The molecule has 8 heteroatoms. The molecule has 0 spiro atoms. The van der Waals surface area contributed by atoms with Crippen LogP contribution in [0.1, 0.15) is 27.7 Å². The number of carbonyl (C=O) groups is 1. The van der Waals surface area contributed by atoms with Crippen molar-refractivity contribution in [2.24, 2.45) is 9.98 Å². The van der Waals surface area contributed by atoms with E-state index in [2.05, 4.69) is 60.0 Å². The molecule has 2 aliphatic heterocycles. The number of nitrogens with zero attached hydrogens (tertiary/aromatic N) is 4. The summed E-state index contributed by atoms with van der Waals surface area (Å²) in [5.41, 5.74) is 1.21. The molecule has 29 heavy (non-hydrogen) atoms. The van der Waals surface area contributed by atoms with Crippen molar-refractivity contribution in [3.8, 4) is 0 Å². The summed E-state index contributed by atoms with van der Waals surface area (Å²) in [7, 11) is 3.57. The maximum absolute atomic E-state index is 12.8. The van der Waals surface area contributed by atoms with Crippen molar-refractivity contribution >= 4 is 45.7 Å². The van der Waals surface area contributed by atoms with Crippen molar-refractivity contribution in [3.63, 3.8) is 0 Å². The van der Waals surface area contributed by atoms with E-state index in [9.17, 15) is 4.79 Å². The SMILES string of the molecule is CC1(C)/C=N\CC(NC(=O)N2CCN(c3ccccc3)CC2)/N=C\C(C)(C)SS1. The van der Waals surface area contributed by atoms with E-state index in [4.69, 9.17) is 0 Å². The fourth-order valence-electron chi connectivity index (χ4n) is 3.07. The number of nitrogens with one attached hydrogen (secondary N) is 1. The number of aliphatic imine (C=N–C) groups is 2. The molecule has 1 aromatic carbocycles. The van der Waals surface area contributed by atoms with Crippen molar-refractivity contribution in [3.05, 3.63) is 30.3 Å². The fraction of sp³-hybridized carbons (Fsp3) is 0.571. The average Bonchev–Trinajstić information content (AvgIpc) is 2.71. The normalized spacial score (nSPS) is 26.4. The zero-order chi connectivity index (χ0) is 20.9. The summed E-state index contributed by atoms with van der Waals surface area (Å²) in [5, 5.41) is 3.07. The molecule has 0 saturated carbocycles. The first-order valence-corrected chi connectivity index (χ1v) is 12.2. The highest BCUT2D eigenvalue weighted by atomic mass is 33.1. The minimum Gasteiger partial charge on any atom is -0.368 e. The minimum atomic E-state index is -0.343. The Bertz CT molecular complexity index is 743. The molecule has 1 N–H and O–H groups in total. The van der Waals surface area contributed by atoms with Gasteiger partial charge in [-0.15, -0.1) is 0 Å². The van der Waals surface area contributed by atoms with E-state index < -0.39 is 0 Å². The van der Waals surface area contributed by atoms with Gasteiger partial charge in [0.2, 0.25) is 0 Å². The van der Waals surface area contributed by atoms with E-state index in [0.717, 1.165) is 13.1 Å². The van der Waals surface area contributed by atoms with Crippen LogP contribution in [0.4, 0.5) is 10.5 Å². The molecular formula is C21H31N5OS2. The summed E-state index contributed by atoms with van der Waals surface area (Å²) in [5.74, 6) is 0. The summed E-state index contributed by atoms with van der Waals surface area (Å²) in [6, 6.07) is 10.3. The van der Waals surface area contributed by atoms with Gasteiger partial charge >= 0.3 is 6.03 Å². The predicted octanol–water partition coefficient (Wildman–Crippen LogP) is 3.94. The topological polar surface area (TPSA) is 60.3 Å². The number of carbonyl (C=O) groups excluding carboxylic acids is 1. The third-order valence-corrected chi connectivity index (χ3v) is 8.68. The van der Waals surface area contributed by atoms with Crippen LogP contribution in [-0.2, 0) is 0 Å². The molecule has 0 bridgehead atoms. The molecule has 1 aromatic rings. The summed E-state index contributed by atoms with van der Waals surface area (Å²) in [4.78, 5) is 26.2. The summed E-state index contributed by atoms with van der Waals surface area (Å²) < 4.78 is -0.174. The Morgan fingerprint density at radius 2 is 1.62 bits per heavy atom. The third-order valence-electron chi connectivity index (χ3n) is 4.70. The Kier molecular flexibility index (Phi) is 7.16. The molecule has 0 radical (unpaired) electrons. The van der Waals surface area contributed by atoms with Crippen LogP contribution >= 0.6 is 21.6 Å². The molecule has 2 amide bonds. The molecule has 2 heterocycles. The Morgan fingerprint density at radius 3 is 2.28 bits per heavy atom. The van der Waals surface area contributed by atoms with Gasteiger partial charge in [0.05, 0.1) is 16.0 Å². The van der Waals surface area contributed by atoms with Crippen LogP contribution in [0.5, 0.6) is 0 Å². The van der Waals surface area contributed by atoms with Crippen molar-refractivity contribution in [1.82, 2.24) is 10.2 Å². The van der Waals surface area contributed by atoms with Gasteiger partial charge < -0.3 is 15.1 Å². The van der Waals surface area contributed by atoms with Gasteiger partial charge in [0.15, 0.2) is 0 Å². The maximum Gasteiger partial charge on any atom is 0.319 e. The lowest BCUT2D eigenvalue weighted by molar-refractivity contribution is 0.191. The number of anilines is 1. The number of hydrogen-bond acceptors (Lipinski definition) is 6. The molecule has 0 aliphatic carbocycles. The largest absolute Gasteiger partial charge is 0.368 e. The minimum absolute atomic E-state index is 0.0601. The molecular weight excluding hydrogens is 402 g/mol. The van der Waals surface area contributed by atoms with E-state index in [0.29, 0.717) is 19.6 Å². The van der Waals surface area contributed by atoms with Gasteiger partial charge in [0.1, 0.15) is 6.17 Å². The highest BCUT2D eigenvalue weighted by Crippen LogP contribution is 2.42. The molecule has 0 aromatic heterocycles. The summed E-state index contributed by atoms with van der Waals surface area (Å²) >= 11 is 0. The average molecular weight is 434 g/mol. The first-order valence-electron chi connectivity index (χ1n) is 10.0. The van der Waals surface area contributed by atoms with Gasteiger partial charge in [-0.2, -0.15) is 0 Å². The van der Waals surface area contributed by atoms with Gasteiger partial charge in [-0.3, -0.25) is 9.98 Å². The van der Waals surface area contributed by atoms with Crippen molar-refractivity contribution in [2.45, 2.75) is 43.4 Å². The quantitative estimate of drug-likeness (QED) is 0.718. The molecule has 1 saturated heterocycles. The van der Waals surface area contributed by atoms with Crippen LogP contribution in [0.15, 0.2) is 40.3 Å². The Labute approximate surface area is 182 Å². The molecule has 1 atom stereocenters. The molecule has 1 unspecified atom stereocenters. The Morgan fingerprint density at radius 1 is 1.00 bits per heavy atom. The number of amides is 2. The van der Waals surface area contributed by atoms with Crippen molar-refractivity contribution in [2.75, 3.05) is 37.6 Å². The molecule has 3 rings (SSSR count). The van der Waals surface area contributed by atoms with E-state index in [1.54, 1.807) is 21.6 Å². The molecule has 6 nitrogen and oxygen atoms in total. The maximum atomic E-state index is 12.8. The lowest BCUT2D eigenvalue weighted by atomic mass is 10.2. The third kappa shape index (κ3) is 6.67. The predicted molar refractivity (Wildman–Crippen MR) is 128 cm³/mol. The molecule has 158 valence electrons. The van der Waals surface area contributed by atoms with Crippen LogP contribution in [0.2, 0.25) is 0 Å². The number of hydrogen-bond donors (Lipinski definition) is 1. The number of rotatable bonds is 2. The zero-order valence-electron chi connectivity index (χ0n) is 17.7. The van der Waals surface area contributed by atoms with Crippen molar-refractivity contribution < 1.29 is 4.79 Å². The fourth-order valence-corrected chi connectivity index (χ4v) is 5.27. The zero-order valence-corrected chi connectivity index (χ0v) is 19.3. The van der Waals surface area contributed by atoms with Gasteiger partial charge in [-0.1, -0.05) is 39.8 Å². The standard InChI is InChI=1S/C21H31N5OS2/c1-20(2)15-22-14-18(23-16-21(3,4)29-28-20)24-19(27)26-12-10-25(11-13-26)17-8-6-5-7-9-17/h5-9,15-16,18H,10-14H2,1-4H3,(H,24,27)/b22-15-,23-16-. The monoisotopic (exact) mass is 433 g/mol. The number of piperazine rings is 1. The first-order chi connectivity index (χ1) is 13.7. The number of urea groups is 1. The van der Waals surface area contributed by atoms with Gasteiger partial charge in [0, 0.05) is 44.3 Å². The highest BCUT2D eigenvalue weighted by Gasteiger charge is 2.27. The lowest BCUT2D eigenvalue weighted by Gasteiger charge is -2.36. The lowest BCUT2D eigenvalue weighted by Crippen LogP contribution is -2.53. The van der Waals surface area contributed by atoms with Crippen LogP contribution in [0, 0.1) is 0 Å². The van der Waals surface area contributed by atoms with Gasteiger partial charge in [0.25, 0.3) is 0 Å². The van der Waals surface area contributed by atoms with Crippen LogP contribution in [0.25, 0.3) is 0 Å². The van der Waals surface area contributed by atoms with E-state index in [1.807, 2.05) is 35.5 Å². The van der Waals surface area contributed by atoms with Crippen LogP contribution in [0.3, 0.4) is 0 Å². The van der Waals surface area contributed by atoms with E-state index in [1.165, 1.54) is 5.69 Å². The summed E-state index contributed by atoms with van der Waals surface area (Å²) in [6.45, 7) is 12.1. The van der Waals surface area contributed by atoms with Gasteiger partial charge in [-0.25, -0.2) is 4.79 Å². The van der Waals surface area contributed by atoms with Crippen LogP contribution < -0.4 is 10.2 Å². The Hall–Kier alpha value is -1.67. The molecule has 1 fully saturated rings. The second-order valence-corrected chi connectivity index (χ2v) is 11.9. The number of para-hydroxylation sites is 1. The first kappa shape index (κ1) is 22.0. The smallest absolute Gasteiger partial charge is 0.319 e. The second-order valence-electron chi connectivity index (χ2n) is 8.42. The highest BCUT2D eigenvalue weighted by molar-refractivity contribution is 8.78. The van der Waals surface area contributed by atoms with E-state index >= 15 is 0 Å². The second kappa shape index (κ2) is 9.43.